The Bertz CT molecular complexity index is 630. The number of nitrogens with zero attached hydrogens (tertiary/aromatic N) is 1. The molecule has 0 aliphatic rings. The molecule has 0 fully saturated rings. The number of aromatic nitrogens is 1. The van der Waals surface area contributed by atoms with E-state index in [1.807, 2.05) is 18.5 Å². The summed E-state index contributed by atoms with van der Waals surface area (Å²) in [4.78, 5) is 1.06. The number of unbranched alkanes of at least 4 members (excludes halogenated alkanes) is 1. The molecule has 1 heterocycles. The maximum Gasteiger partial charge on any atom is 0.212 e. The summed E-state index contributed by atoms with van der Waals surface area (Å²) >= 11 is 1.64. The Morgan fingerprint density at radius 1 is 1.23 bits per heavy atom. The fraction of sp³-hybridized carbons (Fsp3) is 0.389. The van der Waals surface area contributed by atoms with Crippen molar-refractivity contribution < 1.29 is 13.7 Å². The largest absolute Gasteiger partial charge is 0.487 e. The smallest absolute Gasteiger partial charge is 0.212 e. The van der Waals surface area contributed by atoms with Gasteiger partial charge in [-0.1, -0.05) is 25.5 Å². The minimum Gasteiger partial charge on any atom is -0.487 e. The van der Waals surface area contributed by atoms with Crippen LogP contribution in [0.2, 0.25) is 0 Å². The van der Waals surface area contributed by atoms with E-state index in [2.05, 4.69) is 24.6 Å². The van der Waals surface area contributed by atoms with Crippen molar-refractivity contribution in [2.24, 2.45) is 0 Å². The number of hydrogen-bond donors (Lipinski definition) is 0. The van der Waals surface area contributed by atoms with Crippen LogP contribution in [0.1, 0.15) is 26.7 Å². The van der Waals surface area contributed by atoms with Crippen LogP contribution in [0.25, 0.3) is 11.1 Å². The molecule has 0 aliphatic carbocycles. The van der Waals surface area contributed by atoms with Crippen molar-refractivity contribution in [2.45, 2.75) is 38.1 Å². The van der Waals surface area contributed by atoms with E-state index < -0.39 is 0 Å². The Balaban J connectivity index is 2.49. The molecule has 0 unspecified atom stereocenters. The van der Waals surface area contributed by atoms with Crippen molar-refractivity contribution in [1.29, 1.82) is 0 Å². The molecule has 1 aromatic heterocycles. The second-order valence-electron chi connectivity index (χ2n) is 5.11. The lowest BCUT2D eigenvalue weighted by Crippen LogP contribution is -2.32. The van der Waals surface area contributed by atoms with Gasteiger partial charge in [-0.3, -0.25) is 0 Å². The zero-order valence-corrected chi connectivity index (χ0v) is 14.3. The number of benzene rings is 1. The van der Waals surface area contributed by atoms with E-state index in [4.69, 9.17) is 4.74 Å². The molecule has 22 heavy (non-hydrogen) atoms. The van der Waals surface area contributed by atoms with Crippen molar-refractivity contribution in [3.8, 4) is 16.9 Å². The van der Waals surface area contributed by atoms with Gasteiger partial charge in [-0.05, 0) is 37.3 Å². The summed E-state index contributed by atoms with van der Waals surface area (Å²) < 4.78 is 21.6. The first kappa shape index (κ1) is 16.8. The van der Waals surface area contributed by atoms with Gasteiger partial charge in [0.25, 0.3) is 0 Å². The molecule has 2 aromatic rings. The van der Waals surface area contributed by atoms with Crippen LogP contribution >= 0.6 is 11.8 Å². The van der Waals surface area contributed by atoms with E-state index in [1.165, 1.54) is 6.07 Å². The van der Waals surface area contributed by atoms with Crippen LogP contribution in [-0.4, -0.2) is 12.9 Å². The number of aryl methyl sites for hydroxylation is 1. The fourth-order valence-electron chi connectivity index (χ4n) is 2.29. The summed E-state index contributed by atoms with van der Waals surface area (Å²) in [5, 5.41) is 0. The molecule has 0 atom stereocenters. The molecule has 0 amide bonds. The van der Waals surface area contributed by atoms with Crippen LogP contribution in [0, 0.1) is 5.82 Å². The summed E-state index contributed by atoms with van der Waals surface area (Å²) in [5.41, 5.74) is 1.90. The van der Waals surface area contributed by atoms with Gasteiger partial charge in [-0.15, -0.1) is 11.8 Å². The zero-order chi connectivity index (χ0) is 15.9. The molecule has 4 heteroatoms. The number of thioether (sulfide) groups is 1. The molecule has 0 bridgehead atoms. The van der Waals surface area contributed by atoms with E-state index in [-0.39, 0.29) is 5.82 Å². The average molecular weight is 320 g/mol. The minimum absolute atomic E-state index is 0.218. The second kappa shape index (κ2) is 8.18. The lowest BCUT2D eigenvalue weighted by Gasteiger charge is -2.13. The Morgan fingerprint density at radius 2 is 2.05 bits per heavy atom. The summed E-state index contributed by atoms with van der Waals surface area (Å²) in [5.74, 6) is 0.662. The average Bonchev–Trinajstić information content (AvgIpc) is 2.54. The molecule has 1 aromatic carbocycles. The molecule has 0 spiro atoms. The van der Waals surface area contributed by atoms with Gasteiger partial charge in [0.2, 0.25) is 6.20 Å². The lowest BCUT2D eigenvalue weighted by atomic mass is 10.1. The number of rotatable bonds is 7. The molecule has 0 radical (unpaired) electrons. The summed E-state index contributed by atoms with van der Waals surface area (Å²) in [6.07, 6.45) is 8.26. The molecule has 2 rings (SSSR count). The quantitative estimate of drug-likeness (QED) is 0.417. The van der Waals surface area contributed by atoms with Gasteiger partial charge in [0.05, 0.1) is 17.1 Å². The monoisotopic (exact) mass is 320 g/mol. The van der Waals surface area contributed by atoms with Crippen LogP contribution in [0.5, 0.6) is 5.75 Å². The molecule has 2 nitrogen and oxygen atoms in total. The van der Waals surface area contributed by atoms with Gasteiger partial charge in [0.15, 0.2) is 11.9 Å². The van der Waals surface area contributed by atoms with E-state index in [0.29, 0.717) is 6.61 Å². The standard InChI is InChI=1S/C18H23FNOS/c1-4-6-10-21-17-13-20(5-2)12-16(18(17)22-3)14-8-7-9-15(19)11-14/h7-9,11-13H,4-6,10H2,1-3H3/q+1. The Hall–Kier alpha value is -1.55. The number of ether oxygens (including phenoxy) is 1. The maximum atomic E-state index is 13.6. The SMILES string of the molecule is CCCCOc1c[n+](CC)cc(-c2cccc(F)c2)c1SC. The molecule has 0 saturated carbocycles. The fourth-order valence-corrected chi connectivity index (χ4v) is 2.99. The minimum atomic E-state index is -0.218. The topological polar surface area (TPSA) is 13.1 Å². The number of halogens is 1. The van der Waals surface area contributed by atoms with Crippen LogP contribution in [0.3, 0.4) is 0 Å². The molecular formula is C18H23FNOS+. The lowest BCUT2D eigenvalue weighted by molar-refractivity contribution is -0.693. The number of hydrogen-bond acceptors (Lipinski definition) is 2. The predicted octanol–water partition coefficient (Wildman–Crippen LogP) is 4.70. The Labute approximate surface area is 136 Å². The highest BCUT2D eigenvalue weighted by molar-refractivity contribution is 7.98. The van der Waals surface area contributed by atoms with E-state index in [9.17, 15) is 4.39 Å². The highest BCUT2D eigenvalue weighted by Gasteiger charge is 2.18. The first-order valence-electron chi connectivity index (χ1n) is 7.69. The van der Waals surface area contributed by atoms with Gasteiger partial charge in [-0.2, -0.15) is 0 Å². The zero-order valence-electron chi connectivity index (χ0n) is 13.4. The summed E-state index contributed by atoms with van der Waals surface area (Å²) in [7, 11) is 0. The van der Waals surface area contributed by atoms with E-state index in [0.717, 1.165) is 41.2 Å². The van der Waals surface area contributed by atoms with Crippen molar-refractivity contribution in [3.05, 3.63) is 42.5 Å². The van der Waals surface area contributed by atoms with Gasteiger partial charge in [0, 0.05) is 0 Å². The van der Waals surface area contributed by atoms with Crippen LogP contribution in [0.15, 0.2) is 41.6 Å². The summed E-state index contributed by atoms with van der Waals surface area (Å²) in [6, 6.07) is 6.73. The van der Waals surface area contributed by atoms with Crippen molar-refractivity contribution in [1.82, 2.24) is 0 Å². The molecular weight excluding hydrogens is 297 g/mol. The third-order valence-corrected chi connectivity index (χ3v) is 4.34. The highest BCUT2D eigenvalue weighted by atomic mass is 32.2. The molecule has 0 N–H and O–H groups in total. The number of pyridine rings is 1. The molecule has 0 aliphatic heterocycles. The maximum absolute atomic E-state index is 13.6. The molecule has 0 saturated heterocycles. The Kier molecular flexibility index (Phi) is 6.25. The van der Waals surface area contributed by atoms with E-state index in [1.54, 1.807) is 23.9 Å². The Morgan fingerprint density at radius 3 is 2.68 bits per heavy atom. The third-order valence-electron chi connectivity index (χ3n) is 3.51. The first-order chi connectivity index (χ1) is 10.7. The van der Waals surface area contributed by atoms with Crippen LogP contribution < -0.4 is 9.30 Å². The predicted molar refractivity (Wildman–Crippen MR) is 89.9 cm³/mol. The van der Waals surface area contributed by atoms with Crippen LogP contribution in [0.4, 0.5) is 4.39 Å². The van der Waals surface area contributed by atoms with Gasteiger partial charge >= 0.3 is 0 Å². The van der Waals surface area contributed by atoms with Crippen molar-refractivity contribution in [2.75, 3.05) is 12.9 Å². The highest BCUT2D eigenvalue weighted by Crippen LogP contribution is 2.36. The normalized spacial score (nSPS) is 10.7. The third kappa shape index (κ3) is 4.01. The summed E-state index contributed by atoms with van der Waals surface area (Å²) in [6.45, 7) is 5.79. The van der Waals surface area contributed by atoms with Crippen molar-refractivity contribution >= 4 is 11.8 Å². The first-order valence-corrected chi connectivity index (χ1v) is 8.91. The van der Waals surface area contributed by atoms with E-state index >= 15 is 0 Å². The van der Waals surface area contributed by atoms with Gasteiger partial charge < -0.3 is 4.74 Å². The second-order valence-corrected chi connectivity index (χ2v) is 5.93. The van der Waals surface area contributed by atoms with Gasteiger partial charge in [-0.25, -0.2) is 8.96 Å². The van der Waals surface area contributed by atoms with Crippen LogP contribution in [-0.2, 0) is 6.54 Å². The molecule has 118 valence electrons. The van der Waals surface area contributed by atoms with Crippen molar-refractivity contribution in [3.63, 3.8) is 0 Å². The van der Waals surface area contributed by atoms with Gasteiger partial charge in [0.1, 0.15) is 12.4 Å².